The van der Waals surface area contributed by atoms with E-state index in [1.165, 1.54) is 0 Å². The minimum absolute atomic E-state index is 0.149. The van der Waals surface area contributed by atoms with Crippen molar-refractivity contribution in [2.75, 3.05) is 20.3 Å². The number of hydrogen-bond donors (Lipinski definition) is 1. The largest absolute Gasteiger partial charge is 0.472 e. The maximum atomic E-state index is 12.0. The topological polar surface area (TPSA) is 71.9 Å². The van der Waals surface area contributed by atoms with Gasteiger partial charge in [-0.25, -0.2) is 4.98 Å². The predicted octanol–water partition coefficient (Wildman–Crippen LogP) is 0.847. The molecule has 0 spiro atoms. The van der Waals surface area contributed by atoms with Crippen LogP contribution in [0.15, 0.2) is 24.4 Å². The number of methoxy groups -OCH3 is 1. The van der Waals surface area contributed by atoms with E-state index < -0.39 is 6.61 Å². The molecule has 1 aliphatic carbocycles. The summed E-state index contributed by atoms with van der Waals surface area (Å²) in [5, 5.41) is 9.19. The Morgan fingerprint density at radius 3 is 2.95 bits per heavy atom. The number of pyridine rings is 1. The van der Waals surface area contributed by atoms with Gasteiger partial charge in [-0.1, -0.05) is 6.07 Å². The maximum absolute atomic E-state index is 12.0. The van der Waals surface area contributed by atoms with Crippen molar-refractivity contribution in [3.8, 4) is 5.88 Å². The average molecular weight is 306 g/mol. The van der Waals surface area contributed by atoms with Crippen LogP contribution in [0.4, 0.5) is 0 Å². The molecule has 1 aromatic heterocycles. The number of carbonyl (C=O) groups excluding carboxylic acids is 1. The van der Waals surface area contributed by atoms with Crippen molar-refractivity contribution in [1.29, 1.82) is 0 Å². The normalized spacial score (nSPS) is 30.9. The first kappa shape index (κ1) is 15.2. The van der Waals surface area contributed by atoms with Crippen molar-refractivity contribution in [3.63, 3.8) is 0 Å². The third-order valence-electron chi connectivity index (χ3n) is 4.77. The van der Waals surface area contributed by atoms with Crippen LogP contribution < -0.4 is 4.74 Å². The Kier molecular flexibility index (Phi) is 4.59. The SMILES string of the molecule is CO[C@@H]1CC[C@H]2C[C@@H]1[C@@H](Oc1ccccn1)CN2C(=O)CO. The molecule has 1 amide bonds. The molecule has 120 valence electrons. The first-order valence-corrected chi connectivity index (χ1v) is 7.73. The van der Waals surface area contributed by atoms with Crippen LogP contribution in [0.1, 0.15) is 19.3 Å². The van der Waals surface area contributed by atoms with Crippen LogP contribution >= 0.6 is 0 Å². The van der Waals surface area contributed by atoms with Crippen LogP contribution in [0.25, 0.3) is 0 Å². The van der Waals surface area contributed by atoms with Gasteiger partial charge in [0.1, 0.15) is 12.7 Å². The van der Waals surface area contributed by atoms with E-state index in [1.807, 2.05) is 18.2 Å². The molecule has 4 atom stereocenters. The van der Waals surface area contributed by atoms with Gasteiger partial charge in [0, 0.05) is 31.3 Å². The highest BCUT2D eigenvalue weighted by Crippen LogP contribution is 2.38. The van der Waals surface area contributed by atoms with Crippen LogP contribution in [-0.2, 0) is 9.53 Å². The number of aliphatic hydroxyl groups is 1. The zero-order valence-corrected chi connectivity index (χ0v) is 12.7. The Labute approximate surface area is 130 Å². The Morgan fingerprint density at radius 1 is 1.41 bits per heavy atom. The lowest BCUT2D eigenvalue weighted by molar-refractivity contribution is -0.150. The molecule has 1 N–H and O–H groups in total. The summed E-state index contributed by atoms with van der Waals surface area (Å²) >= 11 is 0. The molecular formula is C16H22N2O4. The summed E-state index contributed by atoms with van der Waals surface area (Å²) in [4.78, 5) is 18.0. The highest BCUT2D eigenvalue weighted by molar-refractivity contribution is 5.77. The highest BCUT2D eigenvalue weighted by atomic mass is 16.5. The molecule has 2 heterocycles. The van der Waals surface area contributed by atoms with Crippen molar-refractivity contribution in [3.05, 3.63) is 24.4 Å². The second-order valence-electron chi connectivity index (χ2n) is 5.93. The fraction of sp³-hybridized carbons (Fsp3) is 0.625. The first-order chi connectivity index (χ1) is 10.7. The molecule has 6 heteroatoms. The molecule has 2 bridgehead atoms. The van der Waals surface area contributed by atoms with E-state index in [-0.39, 0.29) is 30.1 Å². The number of aromatic nitrogens is 1. The summed E-state index contributed by atoms with van der Waals surface area (Å²) in [5.41, 5.74) is 0. The van der Waals surface area contributed by atoms with E-state index >= 15 is 0 Å². The number of aliphatic hydroxyl groups excluding tert-OH is 1. The lowest BCUT2D eigenvalue weighted by atomic mass is 9.76. The van der Waals surface area contributed by atoms with Gasteiger partial charge in [-0.2, -0.15) is 0 Å². The van der Waals surface area contributed by atoms with Crippen LogP contribution in [-0.4, -0.2) is 59.4 Å². The fourth-order valence-corrected chi connectivity index (χ4v) is 3.69. The van der Waals surface area contributed by atoms with Crippen molar-refractivity contribution in [2.45, 2.75) is 37.5 Å². The summed E-state index contributed by atoms with van der Waals surface area (Å²) in [6, 6.07) is 5.71. The molecule has 2 aliphatic rings. The van der Waals surface area contributed by atoms with Crippen LogP contribution in [0.2, 0.25) is 0 Å². The van der Waals surface area contributed by atoms with Gasteiger partial charge in [0.05, 0.1) is 12.6 Å². The zero-order valence-electron chi connectivity index (χ0n) is 12.7. The van der Waals surface area contributed by atoms with Crippen molar-refractivity contribution in [1.82, 2.24) is 9.88 Å². The van der Waals surface area contributed by atoms with Gasteiger partial charge in [0.2, 0.25) is 11.8 Å². The number of carbonyl (C=O) groups is 1. The van der Waals surface area contributed by atoms with E-state index in [0.717, 1.165) is 19.3 Å². The molecule has 1 aliphatic heterocycles. The molecule has 0 unspecified atom stereocenters. The van der Waals surface area contributed by atoms with Gasteiger partial charge in [-0.05, 0) is 25.3 Å². The summed E-state index contributed by atoms with van der Waals surface area (Å²) in [6.45, 7) is 0.0241. The number of ether oxygens (including phenoxy) is 2. The van der Waals surface area contributed by atoms with Crippen molar-refractivity contribution >= 4 is 5.91 Å². The van der Waals surface area contributed by atoms with Crippen LogP contribution in [0.3, 0.4) is 0 Å². The van der Waals surface area contributed by atoms with E-state index in [9.17, 15) is 9.90 Å². The van der Waals surface area contributed by atoms with Gasteiger partial charge in [0.15, 0.2) is 0 Å². The molecule has 2 fully saturated rings. The number of rotatable bonds is 4. The van der Waals surface area contributed by atoms with Gasteiger partial charge in [-0.3, -0.25) is 4.79 Å². The number of hydrogen-bond acceptors (Lipinski definition) is 5. The number of fused-ring (bicyclic) bond motifs is 2. The lowest BCUT2D eigenvalue weighted by Crippen LogP contribution is -2.60. The lowest BCUT2D eigenvalue weighted by Gasteiger charge is -2.49. The van der Waals surface area contributed by atoms with Crippen molar-refractivity contribution < 1.29 is 19.4 Å². The monoisotopic (exact) mass is 306 g/mol. The number of amides is 1. The Morgan fingerprint density at radius 2 is 2.27 bits per heavy atom. The summed E-state index contributed by atoms with van der Waals surface area (Å²) in [5.74, 6) is 0.574. The van der Waals surface area contributed by atoms with Gasteiger partial charge >= 0.3 is 0 Å². The molecule has 3 rings (SSSR count). The Bertz CT molecular complexity index is 510. The van der Waals surface area contributed by atoms with Gasteiger partial charge < -0.3 is 19.5 Å². The van der Waals surface area contributed by atoms with Crippen molar-refractivity contribution in [2.24, 2.45) is 5.92 Å². The minimum Gasteiger partial charge on any atom is -0.472 e. The standard InChI is InChI=1S/C16H22N2O4/c1-21-13-6-5-11-8-12(13)14(9-18(11)16(20)10-19)22-15-4-2-3-7-17-15/h2-4,7,11-14,19H,5-6,8-10H2,1H3/t11-,12-,13+,14-/m0/s1. The molecule has 0 radical (unpaired) electrons. The second kappa shape index (κ2) is 6.62. The Hall–Kier alpha value is -1.66. The molecule has 22 heavy (non-hydrogen) atoms. The number of nitrogens with zero attached hydrogens (tertiary/aromatic N) is 2. The molecule has 1 aromatic rings. The number of likely N-dealkylation sites (tertiary alicyclic amines) is 1. The van der Waals surface area contributed by atoms with Gasteiger partial charge in [-0.15, -0.1) is 0 Å². The van der Waals surface area contributed by atoms with E-state index in [2.05, 4.69) is 4.98 Å². The van der Waals surface area contributed by atoms with Crippen LogP contribution in [0.5, 0.6) is 5.88 Å². The predicted molar refractivity (Wildman–Crippen MR) is 79.4 cm³/mol. The fourth-order valence-electron chi connectivity index (χ4n) is 3.69. The Balaban J connectivity index is 1.80. The number of piperidine rings is 1. The highest BCUT2D eigenvalue weighted by Gasteiger charge is 2.45. The zero-order chi connectivity index (χ0) is 15.5. The maximum Gasteiger partial charge on any atom is 0.248 e. The summed E-state index contributed by atoms with van der Waals surface area (Å²) in [7, 11) is 1.73. The molecule has 1 saturated heterocycles. The van der Waals surface area contributed by atoms with E-state index in [4.69, 9.17) is 9.47 Å². The van der Waals surface area contributed by atoms with Crippen LogP contribution in [0, 0.1) is 5.92 Å². The summed E-state index contributed by atoms with van der Waals surface area (Å²) in [6.07, 6.45) is 4.34. The van der Waals surface area contributed by atoms with E-state index in [0.29, 0.717) is 12.4 Å². The first-order valence-electron chi connectivity index (χ1n) is 7.73. The molecule has 0 aromatic carbocycles. The van der Waals surface area contributed by atoms with E-state index in [1.54, 1.807) is 18.2 Å². The second-order valence-corrected chi connectivity index (χ2v) is 5.93. The average Bonchev–Trinajstić information content (AvgIpc) is 2.58. The molecular weight excluding hydrogens is 284 g/mol. The molecule has 6 nitrogen and oxygen atoms in total. The minimum atomic E-state index is -0.453. The quantitative estimate of drug-likeness (QED) is 0.893. The third kappa shape index (κ3) is 2.94. The van der Waals surface area contributed by atoms with Gasteiger partial charge in [0.25, 0.3) is 0 Å². The smallest absolute Gasteiger partial charge is 0.248 e. The summed E-state index contributed by atoms with van der Waals surface area (Å²) < 4.78 is 11.6. The molecule has 1 saturated carbocycles. The third-order valence-corrected chi connectivity index (χ3v) is 4.77.